The Morgan fingerprint density at radius 2 is 1.62 bits per heavy atom. The summed E-state index contributed by atoms with van der Waals surface area (Å²) in [5.41, 5.74) is 6.26. The third kappa shape index (κ3) is 4.57. The van der Waals surface area contributed by atoms with Crippen LogP contribution in [0.25, 0.3) is 0 Å². The van der Waals surface area contributed by atoms with Gasteiger partial charge >= 0.3 is 0 Å². The van der Waals surface area contributed by atoms with Crippen molar-refractivity contribution >= 4 is 0 Å². The maximum absolute atomic E-state index is 14.6. The van der Waals surface area contributed by atoms with Gasteiger partial charge in [-0.3, -0.25) is 0 Å². The zero-order valence-corrected chi connectivity index (χ0v) is 16.6. The first-order valence-electron chi connectivity index (χ1n) is 10.3. The standard InChI is InChI=1S/C27H24F2/c1-2-3-20-9-15-26(27(29)17-20)24-12-11-22-16-21(6-10-23(22)18-24)5-4-19-7-13-25(28)14-8-19/h6-10,13-17,24H,2-3,11-12,18H2,1H3. The van der Waals surface area contributed by atoms with Gasteiger partial charge in [-0.25, -0.2) is 8.78 Å². The molecular weight excluding hydrogens is 362 g/mol. The molecule has 0 bridgehead atoms. The van der Waals surface area contributed by atoms with Crippen molar-refractivity contribution in [1.82, 2.24) is 0 Å². The van der Waals surface area contributed by atoms with Crippen LogP contribution in [0.5, 0.6) is 0 Å². The van der Waals surface area contributed by atoms with Crippen molar-refractivity contribution in [1.29, 1.82) is 0 Å². The van der Waals surface area contributed by atoms with E-state index in [0.717, 1.165) is 54.4 Å². The van der Waals surface area contributed by atoms with Crippen LogP contribution < -0.4 is 0 Å². The Morgan fingerprint density at radius 3 is 2.38 bits per heavy atom. The Labute approximate surface area is 171 Å². The molecule has 0 fully saturated rings. The van der Waals surface area contributed by atoms with Gasteiger partial charge in [-0.15, -0.1) is 0 Å². The minimum absolute atomic E-state index is 0.0637. The van der Waals surface area contributed by atoms with Gasteiger partial charge in [-0.1, -0.05) is 43.4 Å². The van der Waals surface area contributed by atoms with Crippen molar-refractivity contribution in [3.8, 4) is 11.8 Å². The van der Waals surface area contributed by atoms with Crippen molar-refractivity contribution in [2.75, 3.05) is 0 Å². The minimum atomic E-state index is -0.254. The molecule has 0 heterocycles. The molecule has 2 heteroatoms. The number of hydrogen-bond donors (Lipinski definition) is 0. The van der Waals surface area contributed by atoms with Crippen LogP contribution in [-0.4, -0.2) is 0 Å². The van der Waals surface area contributed by atoms with Crippen molar-refractivity contribution in [2.45, 2.75) is 44.9 Å². The van der Waals surface area contributed by atoms with Gasteiger partial charge in [-0.05, 0) is 96.3 Å². The van der Waals surface area contributed by atoms with Gasteiger partial charge in [-0.2, -0.15) is 0 Å². The van der Waals surface area contributed by atoms with E-state index in [4.69, 9.17) is 0 Å². The number of hydrogen-bond acceptors (Lipinski definition) is 0. The predicted molar refractivity (Wildman–Crippen MR) is 114 cm³/mol. The summed E-state index contributed by atoms with van der Waals surface area (Å²) in [7, 11) is 0. The van der Waals surface area contributed by atoms with Crippen LogP contribution in [0.2, 0.25) is 0 Å². The van der Waals surface area contributed by atoms with Gasteiger partial charge in [0.2, 0.25) is 0 Å². The van der Waals surface area contributed by atoms with Gasteiger partial charge < -0.3 is 0 Å². The summed E-state index contributed by atoms with van der Waals surface area (Å²) in [5, 5.41) is 0. The van der Waals surface area contributed by atoms with Crippen LogP contribution in [0, 0.1) is 23.5 Å². The zero-order chi connectivity index (χ0) is 20.2. The lowest BCUT2D eigenvalue weighted by molar-refractivity contribution is 0.533. The monoisotopic (exact) mass is 386 g/mol. The molecule has 3 aromatic rings. The van der Waals surface area contributed by atoms with Gasteiger partial charge in [0, 0.05) is 11.1 Å². The smallest absolute Gasteiger partial charge is 0.126 e. The topological polar surface area (TPSA) is 0 Å². The Balaban J connectivity index is 1.51. The SMILES string of the molecule is CCCc1ccc(C2CCc3cc(C#Cc4ccc(F)cc4)ccc3C2)c(F)c1. The molecular formula is C27H24F2. The quantitative estimate of drug-likeness (QED) is 0.446. The summed E-state index contributed by atoms with van der Waals surface area (Å²) < 4.78 is 27.6. The summed E-state index contributed by atoms with van der Waals surface area (Å²) in [5.74, 6) is 6.17. The fourth-order valence-electron chi connectivity index (χ4n) is 4.12. The molecule has 0 aromatic heterocycles. The third-order valence-corrected chi connectivity index (χ3v) is 5.67. The zero-order valence-electron chi connectivity index (χ0n) is 16.6. The van der Waals surface area contributed by atoms with Gasteiger partial charge in [0.1, 0.15) is 11.6 Å². The van der Waals surface area contributed by atoms with Crippen LogP contribution in [0.15, 0.2) is 60.7 Å². The van der Waals surface area contributed by atoms with Crippen molar-refractivity contribution in [2.24, 2.45) is 0 Å². The van der Waals surface area contributed by atoms with Crippen LogP contribution >= 0.6 is 0 Å². The van der Waals surface area contributed by atoms with Crippen molar-refractivity contribution in [3.05, 3.63) is 106 Å². The van der Waals surface area contributed by atoms with Gasteiger partial charge in [0.25, 0.3) is 0 Å². The first-order chi connectivity index (χ1) is 14.1. The van der Waals surface area contributed by atoms with E-state index in [0.29, 0.717) is 0 Å². The molecule has 1 aliphatic rings. The second kappa shape index (κ2) is 8.62. The lowest BCUT2D eigenvalue weighted by Gasteiger charge is -2.25. The number of fused-ring (bicyclic) bond motifs is 1. The molecule has 0 aliphatic heterocycles. The molecule has 0 saturated heterocycles. The molecule has 3 aromatic carbocycles. The fourth-order valence-corrected chi connectivity index (χ4v) is 4.12. The maximum Gasteiger partial charge on any atom is 0.126 e. The highest BCUT2D eigenvalue weighted by Crippen LogP contribution is 2.34. The molecule has 4 rings (SSSR count). The number of rotatable bonds is 3. The van der Waals surface area contributed by atoms with Crippen LogP contribution in [-0.2, 0) is 19.3 Å². The highest BCUT2D eigenvalue weighted by molar-refractivity contribution is 5.47. The molecule has 1 unspecified atom stereocenters. The molecule has 0 amide bonds. The summed E-state index contributed by atoms with van der Waals surface area (Å²) in [6, 6.07) is 18.3. The maximum atomic E-state index is 14.6. The molecule has 0 radical (unpaired) electrons. The number of halogens is 2. The molecule has 29 heavy (non-hydrogen) atoms. The Kier molecular flexibility index (Phi) is 5.76. The summed E-state index contributed by atoms with van der Waals surface area (Å²) in [6.45, 7) is 2.11. The minimum Gasteiger partial charge on any atom is -0.207 e. The van der Waals surface area contributed by atoms with E-state index in [1.165, 1.54) is 23.3 Å². The Bertz CT molecular complexity index is 1070. The predicted octanol–water partition coefficient (Wildman–Crippen LogP) is 6.59. The molecule has 146 valence electrons. The lowest BCUT2D eigenvalue weighted by Crippen LogP contribution is -2.14. The van der Waals surface area contributed by atoms with E-state index in [2.05, 4.69) is 37.0 Å². The van der Waals surface area contributed by atoms with E-state index in [-0.39, 0.29) is 17.6 Å². The van der Waals surface area contributed by atoms with Crippen LogP contribution in [0.4, 0.5) is 8.78 Å². The van der Waals surface area contributed by atoms with E-state index in [1.807, 2.05) is 12.1 Å². The summed E-state index contributed by atoms with van der Waals surface area (Å²) in [6.07, 6.45) is 4.70. The normalized spacial score (nSPS) is 15.3. The molecule has 0 nitrogen and oxygen atoms in total. The Morgan fingerprint density at radius 1 is 0.862 bits per heavy atom. The number of benzene rings is 3. The second-order valence-electron chi connectivity index (χ2n) is 7.79. The van der Waals surface area contributed by atoms with Crippen LogP contribution in [0.3, 0.4) is 0 Å². The van der Waals surface area contributed by atoms with Gasteiger partial charge in [0.05, 0.1) is 0 Å². The average Bonchev–Trinajstić information content (AvgIpc) is 2.73. The second-order valence-corrected chi connectivity index (χ2v) is 7.79. The van der Waals surface area contributed by atoms with E-state index >= 15 is 0 Å². The molecule has 0 N–H and O–H groups in total. The van der Waals surface area contributed by atoms with Crippen molar-refractivity contribution < 1.29 is 8.78 Å². The third-order valence-electron chi connectivity index (χ3n) is 5.67. The van der Waals surface area contributed by atoms with Crippen molar-refractivity contribution in [3.63, 3.8) is 0 Å². The molecule has 0 saturated carbocycles. The highest BCUT2D eigenvalue weighted by atomic mass is 19.1. The Hall–Kier alpha value is -2.92. The van der Waals surface area contributed by atoms with E-state index < -0.39 is 0 Å². The largest absolute Gasteiger partial charge is 0.207 e. The first-order valence-corrected chi connectivity index (χ1v) is 10.3. The lowest BCUT2D eigenvalue weighted by atomic mass is 9.79. The molecule has 1 atom stereocenters. The highest BCUT2D eigenvalue weighted by Gasteiger charge is 2.22. The number of aryl methyl sites for hydroxylation is 2. The van der Waals surface area contributed by atoms with E-state index in [1.54, 1.807) is 18.2 Å². The summed E-state index contributed by atoms with van der Waals surface area (Å²) in [4.78, 5) is 0. The average molecular weight is 386 g/mol. The van der Waals surface area contributed by atoms with Gasteiger partial charge in [0.15, 0.2) is 0 Å². The van der Waals surface area contributed by atoms with Crippen LogP contribution in [0.1, 0.15) is 59.1 Å². The molecule has 1 aliphatic carbocycles. The summed E-state index contributed by atoms with van der Waals surface area (Å²) >= 11 is 0. The fraction of sp³-hybridized carbons (Fsp3) is 0.259. The molecule has 0 spiro atoms. The first kappa shape index (κ1) is 19.4. The van der Waals surface area contributed by atoms with E-state index in [9.17, 15) is 8.78 Å².